The second-order valence-electron chi connectivity index (χ2n) is 14.1. The third-order valence-corrected chi connectivity index (χ3v) is 11.8. The van der Waals surface area contributed by atoms with E-state index in [0.717, 1.165) is 11.1 Å². The van der Waals surface area contributed by atoms with E-state index < -0.39 is 74.2 Å². The van der Waals surface area contributed by atoms with Gasteiger partial charge in [0.1, 0.15) is 43.1 Å². The number of fused-ring (bicyclic) bond motifs is 1. The Balaban J connectivity index is 1.43. The molecule has 304 valence electrons. The summed E-state index contributed by atoms with van der Waals surface area (Å²) in [6.45, 7) is 8.04. The molecule has 1 aliphatic rings. The first-order chi connectivity index (χ1) is 26.7. The molecule has 0 spiro atoms. The number of carbonyl (C=O) groups excluding carboxylic acids is 2. The van der Waals surface area contributed by atoms with Crippen molar-refractivity contribution in [1.29, 1.82) is 0 Å². The summed E-state index contributed by atoms with van der Waals surface area (Å²) >= 11 is 0. The first-order valence-corrected chi connectivity index (χ1v) is 20.1. The maximum atomic E-state index is 15.1. The fraction of sp³-hybridized carbons (Fsp3) is 0.500. The van der Waals surface area contributed by atoms with Crippen LogP contribution in [0.4, 0.5) is 5.95 Å². The summed E-state index contributed by atoms with van der Waals surface area (Å²) in [5.41, 5.74) is 5.85. The lowest BCUT2D eigenvalue weighted by Gasteiger charge is -2.32. The van der Waals surface area contributed by atoms with Crippen molar-refractivity contribution in [2.75, 3.05) is 19.5 Å². The lowest BCUT2D eigenvalue weighted by atomic mass is 9.96. The first kappa shape index (κ1) is 42.7. The van der Waals surface area contributed by atoms with Crippen molar-refractivity contribution < 1.29 is 47.8 Å². The van der Waals surface area contributed by atoms with Crippen molar-refractivity contribution in [2.24, 2.45) is 11.8 Å². The zero-order valence-electron chi connectivity index (χ0n) is 32.4. The number of methoxy groups -OCH3 is 1. The van der Waals surface area contributed by atoms with Gasteiger partial charge in [0.2, 0.25) is 11.8 Å². The van der Waals surface area contributed by atoms with Gasteiger partial charge in [0.25, 0.3) is 0 Å². The van der Waals surface area contributed by atoms with Gasteiger partial charge in [0, 0.05) is 0 Å². The number of hydrogen-bond donors (Lipinski definition) is 5. The number of benzene rings is 2. The molecule has 2 unspecified atom stereocenters. The van der Waals surface area contributed by atoms with Gasteiger partial charge in [-0.25, -0.2) is 15.2 Å². The van der Waals surface area contributed by atoms with Crippen molar-refractivity contribution >= 4 is 36.7 Å². The van der Waals surface area contributed by atoms with Gasteiger partial charge in [-0.3, -0.25) is 18.7 Å². The number of nitrogen functional groups attached to an aromatic ring is 1. The molecule has 0 amide bonds. The Labute approximate surface area is 325 Å². The molecular weight excluding hydrogens is 745 g/mol. The number of carbonyl (C=O) groups is 2. The van der Waals surface area contributed by atoms with Crippen LogP contribution in [0.2, 0.25) is 0 Å². The average Bonchev–Trinajstić information content (AvgIpc) is 3.72. The predicted octanol–water partition coefficient (Wildman–Crippen LogP) is 4.05. The molecule has 1 aliphatic heterocycles. The second-order valence-corrected chi connectivity index (χ2v) is 16.0. The van der Waals surface area contributed by atoms with Crippen molar-refractivity contribution in [3.63, 3.8) is 0 Å². The van der Waals surface area contributed by atoms with Crippen molar-refractivity contribution in [2.45, 2.75) is 96.8 Å². The van der Waals surface area contributed by atoms with E-state index in [0.29, 0.717) is 12.8 Å². The number of aliphatic hydroxyl groups is 2. The van der Waals surface area contributed by atoms with Crippen molar-refractivity contribution in [3.05, 3.63) is 78.1 Å². The lowest BCUT2D eigenvalue weighted by molar-refractivity contribution is -0.148. The number of nitrogens with one attached hydrogen (secondary N) is 2. The van der Waals surface area contributed by atoms with Gasteiger partial charge in [0.15, 0.2) is 17.4 Å². The summed E-state index contributed by atoms with van der Waals surface area (Å²) in [6.07, 6.45) is -1.86. The smallest absolute Gasteiger partial charge is 0.342 e. The fourth-order valence-electron chi connectivity index (χ4n) is 6.19. The van der Waals surface area contributed by atoms with Crippen LogP contribution in [0, 0.1) is 11.8 Å². The van der Waals surface area contributed by atoms with Crippen molar-refractivity contribution in [3.8, 4) is 5.88 Å². The molecule has 2 aromatic carbocycles. The Hall–Kier alpha value is -4.48. The van der Waals surface area contributed by atoms with Crippen LogP contribution in [0.5, 0.6) is 5.88 Å². The topological polar surface area (TPSA) is 231 Å². The summed E-state index contributed by atoms with van der Waals surface area (Å²) in [4.78, 5) is 40.0. The van der Waals surface area contributed by atoms with Gasteiger partial charge >= 0.3 is 19.6 Å². The predicted molar refractivity (Wildman–Crippen MR) is 206 cm³/mol. The molecule has 17 nitrogen and oxygen atoms in total. The molecule has 0 aliphatic carbocycles. The Morgan fingerprint density at radius 2 is 1.46 bits per heavy atom. The molecule has 1 saturated heterocycles. The van der Waals surface area contributed by atoms with Gasteiger partial charge in [0.05, 0.1) is 20.0 Å². The molecule has 0 radical (unpaired) electrons. The third-order valence-electron chi connectivity index (χ3n) is 10.0. The SMILES string of the molecule is CCC(C)[C@H](NP(=O)(N[C@H](C(=O)OCc1ccccc1)C(C)CC)OC[C@H]1O[C@@H](n2cnc3c(OC)nc(N)nc32)[C@](C)(O)[C@@H]1O)C(=O)OCc1ccccc1. The fourth-order valence-corrected chi connectivity index (χ4v) is 8.22. The zero-order valence-corrected chi connectivity index (χ0v) is 33.3. The Morgan fingerprint density at radius 3 is 1.95 bits per heavy atom. The van der Waals surface area contributed by atoms with E-state index in [2.05, 4.69) is 25.1 Å². The van der Waals surface area contributed by atoms with E-state index in [1.165, 1.54) is 24.9 Å². The minimum atomic E-state index is -4.47. The Bertz CT molecular complexity index is 1890. The summed E-state index contributed by atoms with van der Waals surface area (Å²) in [5, 5.41) is 28.8. The summed E-state index contributed by atoms with van der Waals surface area (Å²) in [7, 11) is -3.08. The number of nitrogens with two attached hydrogens (primary N) is 1. The molecule has 0 saturated carbocycles. The number of esters is 2. The van der Waals surface area contributed by atoms with E-state index in [4.69, 9.17) is 29.2 Å². The normalized spacial score (nSPS) is 22.8. The number of aliphatic hydroxyl groups excluding tert-OH is 1. The summed E-state index contributed by atoms with van der Waals surface area (Å²) in [6, 6.07) is 15.9. The molecule has 18 heteroatoms. The van der Waals surface area contributed by atoms with Gasteiger partial charge in [-0.1, -0.05) is 101 Å². The molecule has 5 rings (SSSR count). The van der Waals surface area contributed by atoms with Crippen LogP contribution in [0.15, 0.2) is 67.0 Å². The number of anilines is 1. The number of rotatable bonds is 19. The highest BCUT2D eigenvalue weighted by molar-refractivity contribution is 7.54. The Morgan fingerprint density at radius 1 is 0.946 bits per heavy atom. The summed E-state index contributed by atoms with van der Waals surface area (Å²) in [5.74, 6) is -2.23. The van der Waals surface area contributed by atoms with Crippen LogP contribution < -0.4 is 20.6 Å². The average molecular weight is 798 g/mol. The number of imidazole rings is 1. The van der Waals surface area contributed by atoms with Crippen molar-refractivity contribution in [1.82, 2.24) is 29.7 Å². The highest BCUT2D eigenvalue weighted by Gasteiger charge is 2.54. The summed E-state index contributed by atoms with van der Waals surface area (Å²) < 4.78 is 45.4. The molecular formula is C38H52N7O10P. The van der Waals surface area contributed by atoms with E-state index in [1.54, 1.807) is 13.8 Å². The number of aromatic nitrogens is 4. The quantitative estimate of drug-likeness (QED) is 0.0666. The minimum absolute atomic E-state index is 0.0296. The number of ether oxygens (including phenoxy) is 4. The van der Waals surface area contributed by atoms with Crippen LogP contribution in [0.25, 0.3) is 11.2 Å². The van der Waals surface area contributed by atoms with Gasteiger partial charge in [-0.15, -0.1) is 0 Å². The molecule has 3 heterocycles. The molecule has 56 heavy (non-hydrogen) atoms. The Kier molecular flexibility index (Phi) is 14.2. The van der Waals surface area contributed by atoms with Crippen LogP contribution in [0.1, 0.15) is 64.8 Å². The molecule has 8 atom stereocenters. The monoisotopic (exact) mass is 797 g/mol. The van der Waals surface area contributed by atoms with Crippen LogP contribution >= 0.6 is 7.67 Å². The van der Waals surface area contributed by atoms with E-state index in [-0.39, 0.29) is 36.2 Å². The maximum Gasteiger partial charge on any atom is 0.342 e. The largest absolute Gasteiger partial charge is 0.479 e. The van der Waals surface area contributed by atoms with Crippen LogP contribution in [0.3, 0.4) is 0 Å². The zero-order chi connectivity index (χ0) is 40.6. The van der Waals surface area contributed by atoms with E-state index in [1.807, 2.05) is 74.5 Å². The van der Waals surface area contributed by atoms with Gasteiger partial charge < -0.3 is 39.4 Å². The minimum Gasteiger partial charge on any atom is -0.479 e. The number of hydrogen-bond acceptors (Lipinski definition) is 14. The van der Waals surface area contributed by atoms with Gasteiger partial charge in [-0.2, -0.15) is 9.97 Å². The van der Waals surface area contributed by atoms with Crippen LogP contribution in [-0.4, -0.2) is 85.3 Å². The van der Waals surface area contributed by atoms with Gasteiger partial charge in [-0.05, 0) is 29.9 Å². The number of nitrogens with zero attached hydrogens (tertiary/aromatic N) is 4. The second kappa shape index (κ2) is 18.6. The van der Waals surface area contributed by atoms with E-state index in [9.17, 15) is 19.8 Å². The highest BCUT2D eigenvalue weighted by Crippen LogP contribution is 2.45. The van der Waals surface area contributed by atoms with E-state index >= 15 is 4.57 Å². The highest BCUT2D eigenvalue weighted by atomic mass is 31.2. The standard InChI is InChI=1S/C38H52N7O10P/c1-7-23(3)28(34(47)52-19-25-15-11-9-12-16-25)43-56(50,44-29(24(4)8-2)35(48)53-20-26-17-13-10-14-18-26)54-21-27-31(46)38(5,49)36(55-27)45-22-40-30-32(45)41-37(39)42-33(30)51-6/h9-18,22-24,27-29,31,36,46,49H,7-8,19-21H2,1-6H3,(H2,39,41,42)(H2,43,44,50)/t23?,24?,27-,28+,29+,31-,36-,38-,56?/m1/s1. The lowest BCUT2D eigenvalue weighted by Crippen LogP contribution is -2.49. The third kappa shape index (κ3) is 9.90. The van der Waals surface area contributed by atoms with Crippen LogP contribution in [-0.2, 0) is 46.1 Å². The molecule has 4 aromatic rings. The molecule has 6 N–H and O–H groups in total. The molecule has 0 bridgehead atoms. The maximum absolute atomic E-state index is 15.1. The molecule has 2 aromatic heterocycles. The molecule has 1 fully saturated rings. The first-order valence-electron chi connectivity index (χ1n) is 18.5.